The lowest BCUT2D eigenvalue weighted by molar-refractivity contribution is 0.767. The summed E-state index contributed by atoms with van der Waals surface area (Å²) in [6.45, 7) is 4.27. The third kappa shape index (κ3) is 2.27. The van der Waals surface area contributed by atoms with E-state index >= 15 is 0 Å². The largest absolute Gasteiger partial charge is 0.367 e. The molecule has 12 heavy (non-hydrogen) atoms. The summed E-state index contributed by atoms with van der Waals surface area (Å²) in [5, 5.41) is 4.67. The molecule has 0 saturated heterocycles. The molecule has 0 aliphatic rings. The van der Waals surface area contributed by atoms with Crippen LogP contribution >= 0.6 is 11.6 Å². The Morgan fingerprint density at radius 3 is 2.92 bits per heavy atom. The van der Waals surface area contributed by atoms with Gasteiger partial charge in [0.2, 0.25) is 0 Å². The molecule has 0 aromatic carbocycles. The van der Waals surface area contributed by atoms with Crippen molar-refractivity contribution < 1.29 is 0 Å². The van der Waals surface area contributed by atoms with E-state index in [9.17, 15) is 0 Å². The average Bonchev–Trinajstić information content (AvgIpc) is 2.34. The SMILES string of the molecule is C=C(Cl)CN(C)c1cnn(C)c1. The van der Waals surface area contributed by atoms with Crippen molar-refractivity contribution in [2.24, 2.45) is 7.05 Å². The number of halogens is 1. The molecule has 0 aliphatic carbocycles. The van der Waals surface area contributed by atoms with Gasteiger partial charge in [-0.25, -0.2) is 0 Å². The van der Waals surface area contributed by atoms with Crippen LogP contribution in [0.1, 0.15) is 0 Å². The highest BCUT2D eigenvalue weighted by molar-refractivity contribution is 6.29. The normalized spacial score (nSPS) is 9.92. The highest BCUT2D eigenvalue weighted by atomic mass is 35.5. The Morgan fingerprint density at radius 2 is 2.50 bits per heavy atom. The van der Waals surface area contributed by atoms with Gasteiger partial charge in [-0.3, -0.25) is 4.68 Å². The maximum absolute atomic E-state index is 5.67. The number of hydrogen-bond acceptors (Lipinski definition) is 2. The van der Waals surface area contributed by atoms with Crippen LogP contribution in [0.3, 0.4) is 0 Å². The quantitative estimate of drug-likeness (QED) is 0.714. The molecular formula is C8H12ClN3. The molecule has 3 nitrogen and oxygen atoms in total. The van der Waals surface area contributed by atoms with E-state index in [1.54, 1.807) is 10.9 Å². The number of nitrogens with zero attached hydrogens (tertiary/aromatic N) is 3. The fraction of sp³-hybridized carbons (Fsp3) is 0.375. The summed E-state index contributed by atoms with van der Waals surface area (Å²) in [5.41, 5.74) is 1.04. The van der Waals surface area contributed by atoms with Crippen LogP contribution in [0.15, 0.2) is 24.0 Å². The van der Waals surface area contributed by atoms with Gasteiger partial charge in [-0.15, -0.1) is 0 Å². The van der Waals surface area contributed by atoms with Gasteiger partial charge in [0, 0.05) is 25.3 Å². The predicted octanol–water partition coefficient (Wildman–Crippen LogP) is 1.61. The molecule has 0 aliphatic heterocycles. The van der Waals surface area contributed by atoms with Gasteiger partial charge in [0.15, 0.2) is 0 Å². The Morgan fingerprint density at radius 1 is 1.83 bits per heavy atom. The van der Waals surface area contributed by atoms with Crippen molar-refractivity contribution in [2.75, 3.05) is 18.5 Å². The Balaban J connectivity index is 2.64. The van der Waals surface area contributed by atoms with Crippen molar-refractivity contribution in [1.82, 2.24) is 9.78 Å². The minimum absolute atomic E-state index is 0.626. The van der Waals surface area contributed by atoms with E-state index in [-0.39, 0.29) is 0 Å². The van der Waals surface area contributed by atoms with Gasteiger partial charge >= 0.3 is 0 Å². The summed E-state index contributed by atoms with van der Waals surface area (Å²) >= 11 is 5.67. The van der Waals surface area contributed by atoms with E-state index in [4.69, 9.17) is 11.6 Å². The summed E-state index contributed by atoms with van der Waals surface area (Å²) in [6, 6.07) is 0. The molecule has 66 valence electrons. The second-order valence-corrected chi connectivity index (χ2v) is 3.28. The van der Waals surface area contributed by atoms with Crippen LogP contribution in [0, 0.1) is 0 Å². The first-order valence-corrected chi connectivity index (χ1v) is 4.00. The molecule has 1 aromatic rings. The van der Waals surface area contributed by atoms with Crippen LogP contribution in [-0.2, 0) is 7.05 Å². The van der Waals surface area contributed by atoms with Gasteiger partial charge in [-0.2, -0.15) is 5.10 Å². The highest BCUT2D eigenvalue weighted by Gasteiger charge is 2.02. The number of aromatic nitrogens is 2. The van der Waals surface area contributed by atoms with Crippen LogP contribution in [0.2, 0.25) is 0 Å². The van der Waals surface area contributed by atoms with Crippen molar-refractivity contribution in [3.8, 4) is 0 Å². The van der Waals surface area contributed by atoms with E-state index in [1.165, 1.54) is 0 Å². The van der Waals surface area contributed by atoms with Crippen molar-refractivity contribution in [1.29, 1.82) is 0 Å². The third-order valence-corrected chi connectivity index (χ3v) is 1.66. The Bertz CT molecular complexity index is 280. The summed E-state index contributed by atoms with van der Waals surface area (Å²) < 4.78 is 1.75. The molecule has 0 spiro atoms. The van der Waals surface area contributed by atoms with Crippen LogP contribution < -0.4 is 4.90 Å². The number of hydrogen-bond donors (Lipinski definition) is 0. The maximum atomic E-state index is 5.67. The first kappa shape index (κ1) is 9.13. The molecule has 0 atom stereocenters. The summed E-state index contributed by atoms with van der Waals surface area (Å²) in [4.78, 5) is 1.99. The molecule has 0 bridgehead atoms. The minimum atomic E-state index is 0.626. The van der Waals surface area contributed by atoms with Crippen LogP contribution in [0.5, 0.6) is 0 Å². The van der Waals surface area contributed by atoms with E-state index in [0.717, 1.165) is 5.69 Å². The third-order valence-electron chi connectivity index (χ3n) is 1.54. The van der Waals surface area contributed by atoms with Gasteiger partial charge in [0.1, 0.15) is 0 Å². The molecule has 0 radical (unpaired) electrons. The lowest BCUT2D eigenvalue weighted by Crippen LogP contribution is -2.17. The first-order valence-electron chi connectivity index (χ1n) is 3.62. The lowest BCUT2D eigenvalue weighted by Gasteiger charge is -2.15. The Kier molecular flexibility index (Phi) is 2.76. The van der Waals surface area contributed by atoms with Crippen LogP contribution in [0.25, 0.3) is 0 Å². The molecule has 0 fully saturated rings. The highest BCUT2D eigenvalue weighted by Crippen LogP contribution is 2.12. The molecule has 1 rings (SSSR count). The number of rotatable bonds is 3. The van der Waals surface area contributed by atoms with Crippen LogP contribution in [-0.4, -0.2) is 23.4 Å². The zero-order chi connectivity index (χ0) is 9.14. The van der Waals surface area contributed by atoms with Gasteiger partial charge in [-0.05, 0) is 0 Å². The lowest BCUT2D eigenvalue weighted by atomic mass is 10.4. The summed E-state index contributed by atoms with van der Waals surface area (Å²) in [7, 11) is 3.83. The fourth-order valence-electron chi connectivity index (χ4n) is 0.954. The Labute approximate surface area is 77.2 Å². The van der Waals surface area contributed by atoms with Gasteiger partial charge < -0.3 is 4.90 Å². The molecular weight excluding hydrogens is 174 g/mol. The zero-order valence-corrected chi connectivity index (χ0v) is 8.04. The fourth-order valence-corrected chi connectivity index (χ4v) is 1.13. The Hall–Kier alpha value is -0.960. The number of likely N-dealkylation sites (N-methyl/N-ethyl adjacent to an activating group) is 1. The minimum Gasteiger partial charge on any atom is -0.367 e. The topological polar surface area (TPSA) is 21.1 Å². The van der Waals surface area contributed by atoms with Crippen molar-refractivity contribution >= 4 is 17.3 Å². The van der Waals surface area contributed by atoms with Crippen molar-refractivity contribution in [3.63, 3.8) is 0 Å². The first-order chi connectivity index (χ1) is 5.59. The van der Waals surface area contributed by atoms with E-state index in [1.807, 2.05) is 25.2 Å². The standard InChI is InChI=1S/C8H12ClN3/c1-7(9)5-11(2)8-4-10-12(3)6-8/h4,6H,1,5H2,2-3H3. The van der Waals surface area contributed by atoms with Crippen molar-refractivity contribution in [3.05, 3.63) is 24.0 Å². The molecule has 0 saturated carbocycles. The monoisotopic (exact) mass is 185 g/mol. The molecule has 4 heteroatoms. The molecule has 0 N–H and O–H groups in total. The van der Waals surface area contributed by atoms with Gasteiger partial charge in [-0.1, -0.05) is 18.2 Å². The zero-order valence-electron chi connectivity index (χ0n) is 7.29. The van der Waals surface area contributed by atoms with Crippen molar-refractivity contribution in [2.45, 2.75) is 0 Å². The van der Waals surface area contributed by atoms with E-state index in [2.05, 4.69) is 11.7 Å². The number of anilines is 1. The van der Waals surface area contributed by atoms with Gasteiger partial charge in [0.25, 0.3) is 0 Å². The second-order valence-electron chi connectivity index (χ2n) is 2.75. The summed E-state index contributed by atoms with van der Waals surface area (Å²) in [5.74, 6) is 0. The predicted molar refractivity (Wildman–Crippen MR) is 51.5 cm³/mol. The molecule has 0 unspecified atom stereocenters. The molecule has 0 amide bonds. The second kappa shape index (κ2) is 3.63. The molecule has 1 aromatic heterocycles. The summed E-state index contributed by atoms with van der Waals surface area (Å²) in [6.07, 6.45) is 3.72. The average molecular weight is 186 g/mol. The van der Waals surface area contributed by atoms with E-state index < -0.39 is 0 Å². The number of aryl methyl sites for hydroxylation is 1. The smallest absolute Gasteiger partial charge is 0.0753 e. The van der Waals surface area contributed by atoms with Gasteiger partial charge in [0.05, 0.1) is 18.4 Å². The molecule has 1 heterocycles. The van der Waals surface area contributed by atoms with Crippen LogP contribution in [0.4, 0.5) is 5.69 Å². The maximum Gasteiger partial charge on any atom is 0.0753 e. The van der Waals surface area contributed by atoms with E-state index in [0.29, 0.717) is 11.6 Å².